The Balaban J connectivity index is 2.00. The van der Waals surface area contributed by atoms with Crippen molar-refractivity contribution >= 4 is 11.8 Å². The van der Waals surface area contributed by atoms with Gasteiger partial charge in [-0.25, -0.2) is 0 Å². The van der Waals surface area contributed by atoms with Crippen molar-refractivity contribution in [3.63, 3.8) is 0 Å². The highest BCUT2D eigenvalue weighted by Gasteiger charge is 2.59. The van der Waals surface area contributed by atoms with Gasteiger partial charge in [0.1, 0.15) is 5.41 Å². The third-order valence-corrected chi connectivity index (χ3v) is 6.08. The molecule has 1 fully saturated rings. The maximum Gasteiger partial charge on any atom is 0.240 e. The van der Waals surface area contributed by atoms with Gasteiger partial charge in [-0.3, -0.25) is 9.59 Å². The summed E-state index contributed by atoms with van der Waals surface area (Å²) < 4.78 is 0. The number of carbonyl (C=O) groups excluding carboxylic acids is 2. The zero-order valence-electron chi connectivity index (χ0n) is 14.8. The molecule has 2 amide bonds. The number of fused-ring (bicyclic) bond motifs is 5. The molecule has 128 valence electrons. The van der Waals surface area contributed by atoms with Crippen LogP contribution < -0.4 is 5.32 Å². The number of rotatable bonds is 2. The Morgan fingerprint density at radius 1 is 0.880 bits per heavy atom. The molecular weight excluding hydrogens is 312 g/mol. The van der Waals surface area contributed by atoms with E-state index in [0.717, 1.165) is 22.3 Å². The minimum atomic E-state index is -0.980. The molecule has 1 spiro atoms. The van der Waals surface area contributed by atoms with Gasteiger partial charge < -0.3 is 10.2 Å². The van der Waals surface area contributed by atoms with Crippen LogP contribution in [0.5, 0.6) is 0 Å². The Hall–Kier alpha value is -2.62. The van der Waals surface area contributed by atoms with Gasteiger partial charge in [0.2, 0.25) is 11.8 Å². The smallest absolute Gasteiger partial charge is 0.240 e. The Bertz CT molecular complexity index is 837. The first-order valence-electron chi connectivity index (χ1n) is 8.83. The second kappa shape index (κ2) is 5.19. The van der Waals surface area contributed by atoms with Crippen LogP contribution in [-0.4, -0.2) is 23.8 Å². The van der Waals surface area contributed by atoms with E-state index in [0.29, 0.717) is 12.8 Å². The first-order chi connectivity index (χ1) is 12.0. The third-order valence-electron chi connectivity index (χ3n) is 6.08. The van der Waals surface area contributed by atoms with Crippen molar-refractivity contribution in [1.29, 1.82) is 0 Å². The largest absolute Gasteiger partial charge is 0.325 e. The monoisotopic (exact) mass is 334 g/mol. The van der Waals surface area contributed by atoms with Gasteiger partial charge in [0.05, 0.1) is 0 Å². The van der Waals surface area contributed by atoms with E-state index in [1.807, 2.05) is 50.2 Å². The summed E-state index contributed by atoms with van der Waals surface area (Å²) in [6.07, 6.45) is 0.996. The molecule has 0 radical (unpaired) electrons. The van der Waals surface area contributed by atoms with Crippen molar-refractivity contribution in [3.05, 3.63) is 59.7 Å². The highest BCUT2D eigenvalue weighted by atomic mass is 16.2. The molecule has 1 saturated heterocycles. The van der Waals surface area contributed by atoms with Crippen LogP contribution in [0, 0.1) is 5.41 Å². The standard InChI is InChI=1S/C21H22N2O2/c1-4-20(5-2)18(24)22-21(23(3)19(20)25)16-12-8-6-10-14(16)15-11-7-9-13-17(15)21/h6-13H,4-5H2,1-3H3,(H,22,24). The fourth-order valence-electron chi connectivity index (χ4n) is 4.52. The molecule has 25 heavy (non-hydrogen) atoms. The van der Waals surface area contributed by atoms with Crippen molar-refractivity contribution in [3.8, 4) is 11.1 Å². The van der Waals surface area contributed by atoms with Crippen molar-refractivity contribution in [2.75, 3.05) is 7.05 Å². The summed E-state index contributed by atoms with van der Waals surface area (Å²) in [5.41, 5.74) is 2.15. The van der Waals surface area contributed by atoms with E-state index in [1.165, 1.54) is 0 Å². The normalized spacial score (nSPS) is 19.6. The molecule has 0 atom stereocenters. The molecule has 1 aliphatic heterocycles. The van der Waals surface area contributed by atoms with Crippen molar-refractivity contribution in [2.24, 2.45) is 5.41 Å². The highest BCUT2D eigenvalue weighted by Crippen LogP contribution is 2.52. The zero-order chi connectivity index (χ0) is 17.8. The molecular formula is C21H22N2O2. The van der Waals surface area contributed by atoms with Crippen LogP contribution in [0.15, 0.2) is 48.5 Å². The number of carbonyl (C=O) groups is 2. The number of benzene rings is 2. The van der Waals surface area contributed by atoms with Crippen LogP contribution >= 0.6 is 0 Å². The van der Waals surface area contributed by atoms with Gasteiger partial charge >= 0.3 is 0 Å². The van der Waals surface area contributed by atoms with Gasteiger partial charge in [0.15, 0.2) is 5.66 Å². The van der Waals surface area contributed by atoms with Crippen LogP contribution in [0.4, 0.5) is 0 Å². The fraction of sp³-hybridized carbons (Fsp3) is 0.333. The lowest BCUT2D eigenvalue weighted by atomic mass is 9.75. The number of hydrogen-bond donors (Lipinski definition) is 1. The van der Waals surface area contributed by atoms with Crippen molar-refractivity contribution < 1.29 is 9.59 Å². The second-order valence-corrected chi connectivity index (χ2v) is 6.91. The zero-order valence-corrected chi connectivity index (χ0v) is 14.8. The molecule has 4 rings (SSSR count). The van der Waals surface area contributed by atoms with Gasteiger partial charge in [-0.1, -0.05) is 62.4 Å². The maximum atomic E-state index is 13.4. The average Bonchev–Trinajstić information content (AvgIpc) is 2.93. The van der Waals surface area contributed by atoms with E-state index < -0.39 is 11.1 Å². The summed E-state index contributed by atoms with van der Waals surface area (Å²) in [4.78, 5) is 28.3. The van der Waals surface area contributed by atoms with Crippen LogP contribution in [-0.2, 0) is 15.3 Å². The lowest BCUT2D eigenvalue weighted by molar-refractivity contribution is -0.165. The molecule has 4 heteroatoms. The van der Waals surface area contributed by atoms with Crippen molar-refractivity contribution in [2.45, 2.75) is 32.4 Å². The van der Waals surface area contributed by atoms with Crippen LogP contribution in [0.1, 0.15) is 37.8 Å². The van der Waals surface area contributed by atoms with Crippen LogP contribution in [0.25, 0.3) is 11.1 Å². The summed E-state index contributed by atoms with van der Waals surface area (Å²) >= 11 is 0. The molecule has 0 bridgehead atoms. The lowest BCUT2D eigenvalue weighted by Gasteiger charge is -2.50. The number of hydrogen-bond acceptors (Lipinski definition) is 2. The van der Waals surface area contributed by atoms with E-state index >= 15 is 0 Å². The van der Waals surface area contributed by atoms with Crippen LogP contribution in [0.3, 0.4) is 0 Å². The molecule has 0 unspecified atom stereocenters. The van der Waals surface area contributed by atoms with Gasteiger partial charge in [0.25, 0.3) is 0 Å². The number of nitrogens with zero attached hydrogens (tertiary/aromatic N) is 1. The highest BCUT2D eigenvalue weighted by molar-refractivity contribution is 6.09. The van der Waals surface area contributed by atoms with Crippen LogP contribution in [0.2, 0.25) is 0 Å². The minimum Gasteiger partial charge on any atom is -0.325 e. The third kappa shape index (κ3) is 1.72. The van der Waals surface area contributed by atoms with Gasteiger partial charge in [-0.15, -0.1) is 0 Å². The van der Waals surface area contributed by atoms with Gasteiger partial charge in [0, 0.05) is 18.2 Å². The van der Waals surface area contributed by atoms with Gasteiger partial charge in [-0.05, 0) is 24.0 Å². The molecule has 2 aromatic carbocycles. The maximum absolute atomic E-state index is 13.4. The second-order valence-electron chi connectivity index (χ2n) is 6.91. The van der Waals surface area contributed by atoms with Gasteiger partial charge in [-0.2, -0.15) is 0 Å². The SMILES string of the molecule is CCC1(CC)C(=O)NC2(c3ccccc3-c3ccccc32)N(C)C1=O. The van der Waals surface area contributed by atoms with E-state index in [-0.39, 0.29) is 11.8 Å². The molecule has 1 aliphatic carbocycles. The molecule has 1 N–H and O–H groups in total. The number of nitrogens with one attached hydrogen (secondary N) is 1. The topological polar surface area (TPSA) is 49.4 Å². The summed E-state index contributed by atoms with van der Waals surface area (Å²) in [6, 6.07) is 16.0. The minimum absolute atomic E-state index is 0.104. The average molecular weight is 334 g/mol. The van der Waals surface area contributed by atoms with E-state index in [9.17, 15) is 9.59 Å². The lowest BCUT2D eigenvalue weighted by Crippen LogP contribution is -2.70. The van der Waals surface area contributed by atoms with Crippen molar-refractivity contribution in [1.82, 2.24) is 10.2 Å². The Kier molecular flexibility index (Phi) is 3.29. The fourth-order valence-corrected chi connectivity index (χ4v) is 4.52. The molecule has 4 nitrogen and oxygen atoms in total. The quantitative estimate of drug-likeness (QED) is 0.857. The summed E-state index contributed by atoms with van der Waals surface area (Å²) in [5, 5.41) is 3.24. The van der Waals surface area contributed by atoms with E-state index in [4.69, 9.17) is 0 Å². The van der Waals surface area contributed by atoms with E-state index in [2.05, 4.69) is 17.4 Å². The predicted molar refractivity (Wildman–Crippen MR) is 96.6 cm³/mol. The summed E-state index contributed by atoms with van der Waals surface area (Å²) in [5.74, 6) is -0.278. The Morgan fingerprint density at radius 2 is 1.36 bits per heavy atom. The Morgan fingerprint density at radius 3 is 1.84 bits per heavy atom. The summed E-state index contributed by atoms with van der Waals surface area (Å²) in [7, 11) is 1.81. The first kappa shape index (κ1) is 15.9. The Labute approximate surface area is 147 Å². The number of amides is 2. The molecule has 2 aromatic rings. The molecule has 2 aliphatic rings. The molecule has 1 heterocycles. The molecule has 0 saturated carbocycles. The van der Waals surface area contributed by atoms with E-state index in [1.54, 1.807) is 11.9 Å². The first-order valence-corrected chi connectivity index (χ1v) is 8.83. The molecule has 0 aromatic heterocycles. The predicted octanol–water partition coefficient (Wildman–Crippen LogP) is 3.26. The summed E-state index contributed by atoms with van der Waals surface area (Å²) in [6.45, 7) is 3.81.